The quantitative estimate of drug-likeness (QED) is 0.633. The lowest BCUT2D eigenvalue weighted by molar-refractivity contribution is 0.247. The van der Waals surface area contributed by atoms with E-state index in [2.05, 4.69) is 25.7 Å². The Bertz CT molecular complexity index is 91.8. The Labute approximate surface area is 77.1 Å². The van der Waals surface area contributed by atoms with Crippen LogP contribution in [0.25, 0.3) is 0 Å². The summed E-state index contributed by atoms with van der Waals surface area (Å²) in [5.74, 6) is 0.758. The molecule has 0 radical (unpaired) electrons. The molecule has 0 amide bonds. The second-order valence-electron chi connectivity index (χ2n) is 3.84. The average Bonchev–Trinajstić information content (AvgIpc) is 2.00. The van der Waals surface area contributed by atoms with Gasteiger partial charge in [-0.2, -0.15) is 0 Å². The van der Waals surface area contributed by atoms with Gasteiger partial charge in [-0.1, -0.05) is 27.2 Å². The van der Waals surface area contributed by atoms with Crippen LogP contribution in [0, 0.1) is 5.92 Å². The fourth-order valence-corrected chi connectivity index (χ4v) is 1.38. The first kappa shape index (κ1) is 11.9. The lowest BCUT2D eigenvalue weighted by Crippen LogP contribution is -2.33. The Kier molecular flexibility index (Phi) is 7.51. The monoisotopic (exact) mass is 172 g/mol. The molecule has 2 nitrogen and oxygen atoms in total. The zero-order chi connectivity index (χ0) is 9.40. The van der Waals surface area contributed by atoms with E-state index in [1.54, 1.807) is 0 Å². The highest BCUT2D eigenvalue weighted by Gasteiger charge is 2.04. The molecule has 2 heteroatoms. The van der Waals surface area contributed by atoms with Crippen molar-refractivity contribution in [3.63, 3.8) is 0 Å². The summed E-state index contributed by atoms with van der Waals surface area (Å²) in [6.07, 6.45) is 2.58. The molecule has 0 unspecified atom stereocenters. The van der Waals surface area contributed by atoms with Gasteiger partial charge in [0.05, 0.1) is 0 Å². The van der Waals surface area contributed by atoms with Gasteiger partial charge in [-0.05, 0) is 18.9 Å². The van der Waals surface area contributed by atoms with Crippen LogP contribution in [-0.4, -0.2) is 31.1 Å². The second-order valence-corrected chi connectivity index (χ2v) is 3.84. The number of hydrogen-bond acceptors (Lipinski definition) is 2. The molecule has 0 fully saturated rings. The van der Waals surface area contributed by atoms with E-state index in [1.165, 1.54) is 25.9 Å². The maximum absolute atomic E-state index is 5.54. The topological polar surface area (TPSA) is 29.3 Å². The first-order chi connectivity index (χ1) is 5.70. The van der Waals surface area contributed by atoms with Gasteiger partial charge < -0.3 is 10.6 Å². The Balaban J connectivity index is 3.54. The number of hydrogen-bond donors (Lipinski definition) is 1. The molecule has 0 bridgehead atoms. The van der Waals surface area contributed by atoms with E-state index in [4.69, 9.17) is 5.73 Å². The Hall–Kier alpha value is -0.0800. The highest BCUT2D eigenvalue weighted by Crippen LogP contribution is 2.00. The van der Waals surface area contributed by atoms with E-state index in [9.17, 15) is 0 Å². The van der Waals surface area contributed by atoms with Crippen molar-refractivity contribution in [1.82, 2.24) is 4.90 Å². The van der Waals surface area contributed by atoms with E-state index < -0.39 is 0 Å². The van der Waals surface area contributed by atoms with Crippen molar-refractivity contribution in [2.45, 2.75) is 33.6 Å². The molecule has 0 heterocycles. The Morgan fingerprint density at radius 3 is 2.33 bits per heavy atom. The van der Waals surface area contributed by atoms with Gasteiger partial charge >= 0.3 is 0 Å². The van der Waals surface area contributed by atoms with Crippen molar-refractivity contribution in [2.75, 3.05) is 26.2 Å². The third-order valence-corrected chi connectivity index (χ3v) is 1.90. The lowest BCUT2D eigenvalue weighted by Gasteiger charge is -2.23. The molecular formula is C10H24N2. The highest BCUT2D eigenvalue weighted by atomic mass is 15.1. The summed E-state index contributed by atoms with van der Waals surface area (Å²) >= 11 is 0. The number of unbranched alkanes of at least 4 members (excludes halogenated alkanes) is 1. The molecule has 0 aliphatic carbocycles. The van der Waals surface area contributed by atoms with Crippen molar-refractivity contribution < 1.29 is 0 Å². The minimum atomic E-state index is 0.758. The smallest absolute Gasteiger partial charge is 0.0105 e. The first-order valence-corrected chi connectivity index (χ1v) is 5.13. The molecule has 12 heavy (non-hydrogen) atoms. The fourth-order valence-electron chi connectivity index (χ4n) is 1.38. The maximum atomic E-state index is 5.54. The van der Waals surface area contributed by atoms with Crippen LogP contribution in [0.2, 0.25) is 0 Å². The molecule has 74 valence electrons. The summed E-state index contributed by atoms with van der Waals surface area (Å²) in [7, 11) is 0. The molecule has 0 atom stereocenters. The molecular weight excluding hydrogens is 148 g/mol. The largest absolute Gasteiger partial charge is 0.329 e. The Morgan fingerprint density at radius 2 is 1.92 bits per heavy atom. The second kappa shape index (κ2) is 7.56. The van der Waals surface area contributed by atoms with Crippen LogP contribution in [0.5, 0.6) is 0 Å². The average molecular weight is 172 g/mol. The molecule has 0 rings (SSSR count). The van der Waals surface area contributed by atoms with Crippen LogP contribution in [0.4, 0.5) is 0 Å². The van der Waals surface area contributed by atoms with Gasteiger partial charge in [0, 0.05) is 19.6 Å². The SMILES string of the molecule is CCCCN(CCN)CC(C)C. The van der Waals surface area contributed by atoms with Crippen molar-refractivity contribution in [2.24, 2.45) is 11.7 Å². The van der Waals surface area contributed by atoms with Crippen molar-refractivity contribution >= 4 is 0 Å². The number of nitrogens with zero attached hydrogens (tertiary/aromatic N) is 1. The third-order valence-electron chi connectivity index (χ3n) is 1.90. The van der Waals surface area contributed by atoms with Crippen molar-refractivity contribution in [3.8, 4) is 0 Å². The van der Waals surface area contributed by atoms with Gasteiger partial charge in [0.25, 0.3) is 0 Å². The summed E-state index contributed by atoms with van der Waals surface area (Å²) in [5, 5.41) is 0. The number of nitrogens with two attached hydrogens (primary N) is 1. The van der Waals surface area contributed by atoms with Gasteiger partial charge in [0.15, 0.2) is 0 Å². The maximum Gasteiger partial charge on any atom is 0.0105 e. The molecule has 0 spiro atoms. The molecule has 0 saturated carbocycles. The van der Waals surface area contributed by atoms with Crippen LogP contribution in [0.15, 0.2) is 0 Å². The predicted molar refractivity (Wildman–Crippen MR) is 55.2 cm³/mol. The molecule has 0 aromatic heterocycles. The fraction of sp³-hybridized carbons (Fsp3) is 1.00. The summed E-state index contributed by atoms with van der Waals surface area (Å²) in [5.41, 5.74) is 5.54. The summed E-state index contributed by atoms with van der Waals surface area (Å²) in [6.45, 7) is 11.0. The standard InChI is InChI=1S/C10H24N2/c1-4-5-7-12(8-6-11)9-10(2)3/h10H,4-9,11H2,1-3H3. The van der Waals surface area contributed by atoms with Crippen molar-refractivity contribution in [1.29, 1.82) is 0 Å². The van der Waals surface area contributed by atoms with E-state index in [0.29, 0.717) is 0 Å². The van der Waals surface area contributed by atoms with E-state index in [1.807, 2.05) is 0 Å². The molecule has 0 saturated heterocycles. The third kappa shape index (κ3) is 6.62. The molecule has 0 aliphatic heterocycles. The summed E-state index contributed by atoms with van der Waals surface area (Å²) < 4.78 is 0. The van der Waals surface area contributed by atoms with Gasteiger partial charge in [-0.3, -0.25) is 0 Å². The Morgan fingerprint density at radius 1 is 1.25 bits per heavy atom. The molecule has 0 aromatic carbocycles. The van der Waals surface area contributed by atoms with Crippen LogP contribution in [0.1, 0.15) is 33.6 Å². The number of rotatable bonds is 7. The van der Waals surface area contributed by atoms with E-state index in [-0.39, 0.29) is 0 Å². The van der Waals surface area contributed by atoms with E-state index in [0.717, 1.165) is 19.0 Å². The van der Waals surface area contributed by atoms with Gasteiger partial charge in [-0.25, -0.2) is 0 Å². The van der Waals surface area contributed by atoms with Gasteiger partial charge in [0.2, 0.25) is 0 Å². The van der Waals surface area contributed by atoms with Crippen LogP contribution >= 0.6 is 0 Å². The van der Waals surface area contributed by atoms with Crippen LogP contribution in [0.3, 0.4) is 0 Å². The van der Waals surface area contributed by atoms with Crippen LogP contribution in [-0.2, 0) is 0 Å². The first-order valence-electron chi connectivity index (χ1n) is 5.13. The van der Waals surface area contributed by atoms with E-state index >= 15 is 0 Å². The van der Waals surface area contributed by atoms with Crippen LogP contribution < -0.4 is 5.73 Å². The normalized spacial score (nSPS) is 11.5. The lowest BCUT2D eigenvalue weighted by atomic mass is 10.2. The molecule has 0 aromatic rings. The summed E-state index contributed by atoms with van der Waals surface area (Å²) in [6, 6.07) is 0. The zero-order valence-corrected chi connectivity index (χ0v) is 8.84. The summed E-state index contributed by atoms with van der Waals surface area (Å²) in [4.78, 5) is 2.47. The molecule has 2 N–H and O–H groups in total. The molecule has 0 aliphatic rings. The minimum absolute atomic E-state index is 0.758. The zero-order valence-electron chi connectivity index (χ0n) is 8.84. The van der Waals surface area contributed by atoms with Gasteiger partial charge in [-0.15, -0.1) is 0 Å². The highest BCUT2D eigenvalue weighted by molar-refractivity contribution is 4.60. The predicted octanol–water partition coefficient (Wildman–Crippen LogP) is 1.70. The van der Waals surface area contributed by atoms with Crippen molar-refractivity contribution in [3.05, 3.63) is 0 Å². The van der Waals surface area contributed by atoms with Gasteiger partial charge in [0.1, 0.15) is 0 Å². The minimum Gasteiger partial charge on any atom is -0.329 e.